The van der Waals surface area contributed by atoms with E-state index in [1.807, 2.05) is 69.3 Å². The molecule has 0 aliphatic carbocycles. The van der Waals surface area contributed by atoms with Crippen LogP contribution in [-0.4, -0.2) is 15.5 Å². The number of pyridine rings is 1. The maximum absolute atomic E-state index is 13.7. The smallest absolute Gasteiger partial charge is 0.275 e. The summed E-state index contributed by atoms with van der Waals surface area (Å²) in [5.41, 5.74) is 12.0. The Morgan fingerprint density at radius 3 is 2.11 bits per heavy atom. The highest BCUT2D eigenvalue weighted by Gasteiger charge is 2.24. The van der Waals surface area contributed by atoms with E-state index in [-0.39, 0.29) is 5.91 Å². The Kier molecular flexibility index (Phi) is 3.58. The van der Waals surface area contributed by atoms with Crippen molar-refractivity contribution in [2.24, 2.45) is 0 Å². The van der Waals surface area contributed by atoms with Crippen molar-refractivity contribution in [3.63, 3.8) is 0 Å². The molecule has 28 heavy (non-hydrogen) atoms. The van der Waals surface area contributed by atoms with Gasteiger partial charge in [-0.05, 0) is 44.0 Å². The number of carbonyl (C=O) groups excluding carboxylic acids is 1. The summed E-state index contributed by atoms with van der Waals surface area (Å²) in [5, 5.41) is 3.02. The molecule has 5 heteroatoms. The first-order chi connectivity index (χ1) is 13.5. The van der Waals surface area contributed by atoms with Crippen LogP contribution in [0.2, 0.25) is 0 Å². The molecule has 0 spiro atoms. The Hall–Kier alpha value is -3.18. The van der Waals surface area contributed by atoms with Gasteiger partial charge in [0.2, 0.25) is 0 Å². The summed E-state index contributed by atoms with van der Waals surface area (Å²) in [7, 11) is 0. The number of benzene rings is 2. The van der Waals surface area contributed by atoms with Gasteiger partial charge >= 0.3 is 0 Å². The minimum absolute atomic E-state index is 0.104. The molecule has 0 fully saturated rings. The largest absolute Gasteiger partial charge is 0.397 e. The number of thiophene rings is 1. The van der Waals surface area contributed by atoms with Crippen LogP contribution < -0.4 is 5.73 Å². The molecule has 4 nitrogen and oxygen atoms in total. The number of aryl methyl sites for hydroxylation is 2. The predicted molar refractivity (Wildman–Crippen MR) is 117 cm³/mol. The lowest BCUT2D eigenvalue weighted by Gasteiger charge is -2.07. The van der Waals surface area contributed by atoms with Gasteiger partial charge in [-0.15, -0.1) is 11.3 Å². The second-order valence-corrected chi connectivity index (χ2v) is 8.15. The number of rotatable bonds is 1. The van der Waals surface area contributed by atoms with E-state index >= 15 is 0 Å². The molecule has 0 aliphatic rings. The fourth-order valence-electron chi connectivity index (χ4n) is 3.97. The molecular weight excluding hydrogens is 366 g/mol. The van der Waals surface area contributed by atoms with Gasteiger partial charge in [-0.3, -0.25) is 9.36 Å². The van der Waals surface area contributed by atoms with Crippen LogP contribution in [0.5, 0.6) is 0 Å². The van der Waals surface area contributed by atoms with Crippen molar-refractivity contribution in [1.82, 2.24) is 9.55 Å². The van der Waals surface area contributed by atoms with E-state index in [0.717, 1.165) is 48.8 Å². The first-order valence-corrected chi connectivity index (χ1v) is 9.99. The summed E-state index contributed by atoms with van der Waals surface area (Å²) >= 11 is 1.38. The molecule has 0 saturated heterocycles. The Bertz CT molecular complexity index is 1370. The fraction of sp³-hybridized carbons (Fsp3) is 0.130. The zero-order chi connectivity index (χ0) is 19.6. The lowest BCUT2D eigenvalue weighted by molar-refractivity contribution is 0.0974. The molecule has 0 radical (unpaired) electrons. The van der Waals surface area contributed by atoms with Crippen LogP contribution in [0.15, 0.2) is 48.5 Å². The Balaban J connectivity index is 1.83. The highest BCUT2D eigenvalue weighted by molar-refractivity contribution is 7.21. The molecule has 0 saturated carbocycles. The van der Waals surface area contributed by atoms with E-state index in [0.29, 0.717) is 10.6 Å². The van der Waals surface area contributed by atoms with E-state index in [1.165, 1.54) is 11.3 Å². The molecule has 5 rings (SSSR count). The van der Waals surface area contributed by atoms with Gasteiger partial charge in [0.1, 0.15) is 9.71 Å². The number of anilines is 1. The van der Waals surface area contributed by atoms with Crippen LogP contribution in [0, 0.1) is 20.8 Å². The summed E-state index contributed by atoms with van der Waals surface area (Å²) in [4.78, 5) is 19.7. The molecule has 2 aromatic carbocycles. The summed E-state index contributed by atoms with van der Waals surface area (Å²) in [6.07, 6.45) is 0. The number of nitrogens with two attached hydrogens (primary N) is 1. The standard InChI is InChI=1S/C23H19N3OS/c1-12-13(2)19-20(24)21(28-22(19)25-14(12)3)23(27)26-17-10-6-4-8-15(17)16-9-5-7-11-18(16)26/h4-11H,24H2,1-3H3. The molecule has 0 aliphatic heterocycles. The van der Waals surface area contributed by atoms with Crippen LogP contribution in [0.4, 0.5) is 5.69 Å². The highest BCUT2D eigenvalue weighted by atomic mass is 32.1. The van der Waals surface area contributed by atoms with Crippen molar-refractivity contribution in [1.29, 1.82) is 0 Å². The van der Waals surface area contributed by atoms with Gasteiger partial charge in [0.05, 0.1) is 16.7 Å². The number of para-hydroxylation sites is 2. The van der Waals surface area contributed by atoms with Crippen molar-refractivity contribution in [3.8, 4) is 0 Å². The maximum Gasteiger partial charge on any atom is 0.275 e. The number of aromatic nitrogens is 2. The third-order valence-electron chi connectivity index (χ3n) is 5.65. The number of carbonyl (C=O) groups is 1. The normalized spacial score (nSPS) is 11.7. The lowest BCUT2D eigenvalue weighted by atomic mass is 10.1. The quantitative estimate of drug-likeness (QED) is 0.408. The minimum Gasteiger partial charge on any atom is -0.397 e. The third-order valence-corrected chi connectivity index (χ3v) is 6.74. The van der Waals surface area contributed by atoms with Crippen molar-refractivity contribution >= 4 is 55.0 Å². The van der Waals surface area contributed by atoms with Gasteiger partial charge in [-0.2, -0.15) is 0 Å². The van der Waals surface area contributed by atoms with Crippen LogP contribution >= 0.6 is 11.3 Å². The van der Waals surface area contributed by atoms with E-state index in [4.69, 9.17) is 5.73 Å². The molecule has 2 N–H and O–H groups in total. The first kappa shape index (κ1) is 17.0. The summed E-state index contributed by atoms with van der Waals surface area (Å²) in [6.45, 7) is 6.08. The van der Waals surface area contributed by atoms with Crippen molar-refractivity contribution in [2.45, 2.75) is 20.8 Å². The lowest BCUT2D eigenvalue weighted by Crippen LogP contribution is -2.11. The number of nitrogens with zero attached hydrogens (tertiary/aromatic N) is 2. The Labute approximate surface area is 166 Å². The van der Waals surface area contributed by atoms with Gasteiger partial charge in [-0.1, -0.05) is 36.4 Å². The molecule has 0 atom stereocenters. The van der Waals surface area contributed by atoms with Crippen molar-refractivity contribution in [2.75, 3.05) is 5.73 Å². The Morgan fingerprint density at radius 1 is 0.929 bits per heavy atom. The third kappa shape index (κ3) is 2.17. The number of fused-ring (bicyclic) bond motifs is 4. The van der Waals surface area contributed by atoms with Gasteiger partial charge in [0, 0.05) is 21.9 Å². The second kappa shape index (κ2) is 5.91. The first-order valence-electron chi connectivity index (χ1n) is 9.17. The molecular formula is C23H19N3OS. The summed E-state index contributed by atoms with van der Waals surface area (Å²) < 4.78 is 1.78. The highest BCUT2D eigenvalue weighted by Crippen LogP contribution is 2.38. The zero-order valence-electron chi connectivity index (χ0n) is 15.9. The SMILES string of the molecule is Cc1nc2sc(C(=O)n3c4ccccc4c4ccccc43)c(N)c2c(C)c1C. The van der Waals surface area contributed by atoms with Crippen molar-refractivity contribution in [3.05, 3.63) is 70.2 Å². The summed E-state index contributed by atoms with van der Waals surface area (Å²) in [6, 6.07) is 16.0. The predicted octanol–water partition coefficient (Wildman–Crippen LogP) is 5.60. The molecule has 138 valence electrons. The van der Waals surface area contributed by atoms with Crippen molar-refractivity contribution < 1.29 is 4.79 Å². The monoisotopic (exact) mass is 385 g/mol. The molecule has 0 bridgehead atoms. The number of hydrogen-bond donors (Lipinski definition) is 1. The van der Waals surface area contributed by atoms with Crippen LogP contribution in [0.3, 0.4) is 0 Å². The average Bonchev–Trinajstić information content (AvgIpc) is 3.21. The molecule has 5 aromatic rings. The van der Waals surface area contributed by atoms with Crippen LogP contribution in [0.25, 0.3) is 32.0 Å². The molecule has 3 heterocycles. The van der Waals surface area contributed by atoms with E-state index in [9.17, 15) is 4.79 Å². The van der Waals surface area contributed by atoms with Gasteiger partial charge in [0.15, 0.2) is 0 Å². The topological polar surface area (TPSA) is 60.9 Å². The number of nitrogen functional groups attached to an aromatic ring is 1. The average molecular weight is 385 g/mol. The van der Waals surface area contributed by atoms with E-state index in [1.54, 1.807) is 4.57 Å². The minimum atomic E-state index is -0.104. The summed E-state index contributed by atoms with van der Waals surface area (Å²) in [5.74, 6) is -0.104. The second-order valence-electron chi connectivity index (χ2n) is 7.15. The molecule has 3 aromatic heterocycles. The Morgan fingerprint density at radius 2 is 1.50 bits per heavy atom. The maximum atomic E-state index is 13.7. The van der Waals surface area contributed by atoms with Crippen LogP contribution in [0.1, 0.15) is 26.5 Å². The van der Waals surface area contributed by atoms with E-state index in [2.05, 4.69) is 4.98 Å². The zero-order valence-corrected chi connectivity index (χ0v) is 16.7. The number of hydrogen-bond acceptors (Lipinski definition) is 4. The molecule has 0 amide bonds. The fourth-order valence-corrected chi connectivity index (χ4v) is 5.10. The molecule has 0 unspecified atom stereocenters. The van der Waals surface area contributed by atoms with Gasteiger partial charge in [0.25, 0.3) is 5.91 Å². The van der Waals surface area contributed by atoms with E-state index < -0.39 is 0 Å². The van der Waals surface area contributed by atoms with Gasteiger partial charge in [-0.25, -0.2) is 4.98 Å². The van der Waals surface area contributed by atoms with Crippen LogP contribution in [-0.2, 0) is 0 Å². The van der Waals surface area contributed by atoms with Gasteiger partial charge < -0.3 is 5.73 Å².